The van der Waals surface area contributed by atoms with E-state index in [1.807, 2.05) is 6.92 Å². The van der Waals surface area contributed by atoms with Crippen molar-refractivity contribution in [1.82, 2.24) is 10.6 Å². The highest BCUT2D eigenvalue weighted by atomic mass is 32.1. The van der Waals surface area contributed by atoms with E-state index in [2.05, 4.69) is 49.6 Å². The van der Waals surface area contributed by atoms with Gasteiger partial charge in [0.25, 0.3) is 0 Å². The summed E-state index contributed by atoms with van der Waals surface area (Å²) in [5.41, 5.74) is 3.91. The van der Waals surface area contributed by atoms with Crippen molar-refractivity contribution >= 4 is 17.3 Å². The number of nitrogens with one attached hydrogen (secondary N) is 2. The number of benzene rings is 1. The Kier molecular flexibility index (Phi) is 4.74. The van der Waals surface area contributed by atoms with Crippen LogP contribution in [0.2, 0.25) is 0 Å². The molecule has 0 bridgehead atoms. The predicted octanol–water partition coefficient (Wildman–Crippen LogP) is 2.85. The number of thiocarbonyl (C=S) groups is 1. The maximum absolute atomic E-state index is 5.17. The maximum Gasteiger partial charge on any atom is 0.166 e. The Morgan fingerprint density at radius 1 is 1.31 bits per heavy atom. The van der Waals surface area contributed by atoms with Crippen molar-refractivity contribution in [3.05, 3.63) is 34.9 Å². The van der Waals surface area contributed by atoms with Gasteiger partial charge in [0.15, 0.2) is 5.11 Å². The van der Waals surface area contributed by atoms with Crippen LogP contribution in [0.15, 0.2) is 18.2 Å². The number of rotatable bonds is 3. The molecule has 3 heteroatoms. The third-order valence-corrected chi connectivity index (χ3v) is 2.98. The minimum Gasteiger partial charge on any atom is -0.363 e. The van der Waals surface area contributed by atoms with E-state index in [0.29, 0.717) is 5.11 Å². The Morgan fingerprint density at radius 3 is 2.56 bits per heavy atom. The molecule has 0 aromatic heterocycles. The molecule has 0 aliphatic rings. The average molecular weight is 236 g/mol. The molecule has 2 nitrogen and oxygen atoms in total. The van der Waals surface area contributed by atoms with Crippen LogP contribution < -0.4 is 10.6 Å². The van der Waals surface area contributed by atoms with Crippen LogP contribution in [0.3, 0.4) is 0 Å². The standard InChI is InChI=1S/C13H20N2S/c1-5-14-13(16)15-11(4)12-7-6-9(2)10(3)8-12/h6-8,11H,5H2,1-4H3,(H2,14,15,16). The molecule has 2 N–H and O–H groups in total. The lowest BCUT2D eigenvalue weighted by atomic mass is 10.0. The van der Waals surface area contributed by atoms with Gasteiger partial charge in [0.1, 0.15) is 0 Å². The Hall–Kier alpha value is -1.09. The fourth-order valence-corrected chi connectivity index (χ4v) is 1.85. The van der Waals surface area contributed by atoms with Gasteiger partial charge in [0.2, 0.25) is 0 Å². The number of hydrogen-bond acceptors (Lipinski definition) is 1. The van der Waals surface area contributed by atoms with Gasteiger partial charge >= 0.3 is 0 Å². The summed E-state index contributed by atoms with van der Waals surface area (Å²) in [6, 6.07) is 6.75. The zero-order valence-electron chi connectivity index (χ0n) is 10.4. The molecular formula is C13H20N2S. The molecular weight excluding hydrogens is 216 g/mol. The summed E-state index contributed by atoms with van der Waals surface area (Å²) >= 11 is 5.17. The minimum absolute atomic E-state index is 0.242. The van der Waals surface area contributed by atoms with Crippen LogP contribution in [0, 0.1) is 13.8 Å². The predicted molar refractivity (Wildman–Crippen MR) is 73.7 cm³/mol. The zero-order chi connectivity index (χ0) is 12.1. The van der Waals surface area contributed by atoms with Gasteiger partial charge in [-0.2, -0.15) is 0 Å². The van der Waals surface area contributed by atoms with Crippen molar-refractivity contribution in [2.45, 2.75) is 33.7 Å². The SMILES string of the molecule is CCNC(=S)NC(C)c1ccc(C)c(C)c1. The fraction of sp³-hybridized carbons (Fsp3) is 0.462. The van der Waals surface area contributed by atoms with E-state index in [0.717, 1.165) is 6.54 Å². The monoisotopic (exact) mass is 236 g/mol. The molecule has 1 aromatic rings. The highest BCUT2D eigenvalue weighted by Crippen LogP contribution is 2.16. The summed E-state index contributed by atoms with van der Waals surface area (Å²) in [4.78, 5) is 0. The fourth-order valence-electron chi connectivity index (χ4n) is 1.53. The van der Waals surface area contributed by atoms with Gasteiger partial charge in [-0.05, 0) is 56.6 Å². The van der Waals surface area contributed by atoms with Crippen molar-refractivity contribution < 1.29 is 0 Å². The normalized spacial score (nSPS) is 12.0. The first-order chi connectivity index (χ1) is 7.54. The molecule has 0 saturated heterocycles. The van der Waals surface area contributed by atoms with Crippen molar-refractivity contribution in [2.75, 3.05) is 6.54 Å². The molecule has 0 amide bonds. The first-order valence-electron chi connectivity index (χ1n) is 5.66. The lowest BCUT2D eigenvalue weighted by Gasteiger charge is -2.17. The van der Waals surface area contributed by atoms with Gasteiger partial charge in [0, 0.05) is 6.54 Å². The Bertz CT molecular complexity index is 374. The van der Waals surface area contributed by atoms with Gasteiger partial charge in [-0.15, -0.1) is 0 Å². The van der Waals surface area contributed by atoms with Crippen LogP contribution in [0.4, 0.5) is 0 Å². The van der Waals surface area contributed by atoms with E-state index < -0.39 is 0 Å². The number of hydrogen-bond donors (Lipinski definition) is 2. The number of aryl methyl sites for hydroxylation is 2. The highest BCUT2D eigenvalue weighted by molar-refractivity contribution is 7.80. The molecule has 1 unspecified atom stereocenters. The summed E-state index contributed by atoms with van der Waals surface area (Å²) in [5.74, 6) is 0. The summed E-state index contributed by atoms with van der Waals surface area (Å²) in [5, 5.41) is 7.07. The van der Waals surface area contributed by atoms with Crippen molar-refractivity contribution in [1.29, 1.82) is 0 Å². The summed E-state index contributed by atoms with van der Waals surface area (Å²) in [6.07, 6.45) is 0. The summed E-state index contributed by atoms with van der Waals surface area (Å²) < 4.78 is 0. The van der Waals surface area contributed by atoms with Crippen molar-refractivity contribution in [2.24, 2.45) is 0 Å². The van der Waals surface area contributed by atoms with E-state index in [1.165, 1.54) is 16.7 Å². The largest absolute Gasteiger partial charge is 0.363 e. The molecule has 0 radical (unpaired) electrons. The third-order valence-electron chi connectivity index (χ3n) is 2.72. The molecule has 0 aliphatic heterocycles. The molecule has 16 heavy (non-hydrogen) atoms. The molecule has 1 atom stereocenters. The lowest BCUT2D eigenvalue weighted by molar-refractivity contribution is 0.701. The van der Waals surface area contributed by atoms with Gasteiger partial charge < -0.3 is 10.6 Å². The first-order valence-corrected chi connectivity index (χ1v) is 6.07. The molecule has 0 spiro atoms. The van der Waals surface area contributed by atoms with E-state index in [9.17, 15) is 0 Å². The van der Waals surface area contributed by atoms with Crippen LogP contribution in [0.1, 0.15) is 36.6 Å². The van der Waals surface area contributed by atoms with Crippen LogP contribution in [0.5, 0.6) is 0 Å². The zero-order valence-corrected chi connectivity index (χ0v) is 11.2. The van der Waals surface area contributed by atoms with E-state index >= 15 is 0 Å². The van der Waals surface area contributed by atoms with Crippen LogP contribution in [-0.4, -0.2) is 11.7 Å². The van der Waals surface area contributed by atoms with Gasteiger partial charge in [-0.1, -0.05) is 18.2 Å². The smallest absolute Gasteiger partial charge is 0.166 e. The molecule has 1 aromatic carbocycles. The second-order valence-corrected chi connectivity index (χ2v) is 4.48. The Balaban J connectivity index is 2.69. The van der Waals surface area contributed by atoms with Crippen LogP contribution >= 0.6 is 12.2 Å². The highest BCUT2D eigenvalue weighted by Gasteiger charge is 2.07. The van der Waals surface area contributed by atoms with Gasteiger partial charge in [-0.3, -0.25) is 0 Å². The van der Waals surface area contributed by atoms with Gasteiger partial charge in [-0.25, -0.2) is 0 Å². The minimum atomic E-state index is 0.242. The van der Waals surface area contributed by atoms with Gasteiger partial charge in [0.05, 0.1) is 6.04 Å². The molecule has 1 rings (SSSR count). The van der Waals surface area contributed by atoms with Crippen LogP contribution in [0.25, 0.3) is 0 Å². The second-order valence-electron chi connectivity index (χ2n) is 4.07. The van der Waals surface area contributed by atoms with E-state index in [4.69, 9.17) is 12.2 Å². The molecule has 0 heterocycles. The topological polar surface area (TPSA) is 24.1 Å². The summed E-state index contributed by atoms with van der Waals surface area (Å²) in [7, 11) is 0. The maximum atomic E-state index is 5.17. The van der Waals surface area contributed by atoms with E-state index in [1.54, 1.807) is 0 Å². The Morgan fingerprint density at radius 2 is 2.00 bits per heavy atom. The van der Waals surface area contributed by atoms with Crippen molar-refractivity contribution in [3.8, 4) is 0 Å². The quantitative estimate of drug-likeness (QED) is 0.789. The third kappa shape index (κ3) is 3.49. The van der Waals surface area contributed by atoms with Crippen LogP contribution in [-0.2, 0) is 0 Å². The lowest BCUT2D eigenvalue weighted by Crippen LogP contribution is -2.36. The molecule has 0 aliphatic carbocycles. The molecule has 88 valence electrons. The molecule has 0 saturated carbocycles. The average Bonchev–Trinajstić information content (AvgIpc) is 2.22. The summed E-state index contributed by atoms with van der Waals surface area (Å²) in [6.45, 7) is 9.27. The molecule has 0 fully saturated rings. The van der Waals surface area contributed by atoms with E-state index in [-0.39, 0.29) is 6.04 Å². The first kappa shape index (κ1) is 13.0. The second kappa shape index (κ2) is 5.85. The van der Waals surface area contributed by atoms with Crippen molar-refractivity contribution in [3.63, 3.8) is 0 Å². The Labute approximate surface area is 103 Å².